The van der Waals surface area contributed by atoms with Crippen molar-refractivity contribution in [2.24, 2.45) is 17.8 Å². The summed E-state index contributed by atoms with van der Waals surface area (Å²) in [4.78, 5) is 46.8. The van der Waals surface area contributed by atoms with Crippen molar-refractivity contribution >= 4 is 17.8 Å². The Labute approximate surface area is 211 Å². The number of carbonyl (C=O) groups is 3. The number of likely N-dealkylation sites (tertiary alicyclic amines) is 1. The molecule has 5 heterocycles. The van der Waals surface area contributed by atoms with Gasteiger partial charge in [-0.15, -0.1) is 0 Å². The highest BCUT2D eigenvalue weighted by atomic mass is 16.6. The second-order valence-electron chi connectivity index (χ2n) is 10.8. The van der Waals surface area contributed by atoms with Gasteiger partial charge in [-0.2, -0.15) is 0 Å². The molecule has 0 radical (unpaired) electrons. The minimum atomic E-state index is -1.29. The highest BCUT2D eigenvalue weighted by Gasteiger charge is 2.72. The van der Waals surface area contributed by atoms with E-state index in [1.54, 1.807) is 17.1 Å². The van der Waals surface area contributed by atoms with E-state index in [1.165, 1.54) is 4.90 Å². The predicted octanol–water partition coefficient (Wildman–Crippen LogP) is -0.182. The lowest BCUT2D eigenvalue weighted by Gasteiger charge is -2.39. The number of aliphatic hydroxyl groups excluding tert-OH is 1. The van der Waals surface area contributed by atoms with Crippen LogP contribution < -0.4 is 0 Å². The molecule has 5 rings (SSSR count). The number of nitrogens with zero attached hydrogens (tertiary/aromatic N) is 3. The van der Waals surface area contributed by atoms with E-state index in [0.29, 0.717) is 39.3 Å². The number of hydrogen-bond donors (Lipinski definition) is 1. The van der Waals surface area contributed by atoms with Crippen LogP contribution in [0.4, 0.5) is 0 Å². The molecule has 3 fully saturated rings. The summed E-state index contributed by atoms with van der Waals surface area (Å²) in [5.74, 6) is -2.55. The third kappa shape index (κ3) is 4.27. The number of morpholine rings is 1. The maximum atomic E-state index is 14.2. The largest absolute Gasteiger partial charge is 0.461 e. The van der Waals surface area contributed by atoms with Gasteiger partial charge in [0.05, 0.1) is 37.9 Å². The van der Waals surface area contributed by atoms with Gasteiger partial charge in [-0.25, -0.2) is 0 Å². The van der Waals surface area contributed by atoms with E-state index in [1.807, 2.05) is 26.0 Å². The second-order valence-corrected chi connectivity index (χ2v) is 10.8. The molecule has 5 aliphatic rings. The Bertz CT molecular complexity index is 930. The summed E-state index contributed by atoms with van der Waals surface area (Å²) >= 11 is 0. The Balaban J connectivity index is 1.50. The topological polar surface area (TPSA) is 109 Å². The fourth-order valence-corrected chi connectivity index (χ4v) is 6.46. The second kappa shape index (κ2) is 10.2. The van der Waals surface area contributed by atoms with Crippen molar-refractivity contribution < 1.29 is 33.7 Å². The quantitative estimate of drug-likeness (QED) is 0.377. The molecular formula is C26H37N3O7. The lowest BCUT2D eigenvalue weighted by atomic mass is 9.78. The Morgan fingerprint density at radius 1 is 1.11 bits per heavy atom. The molecule has 0 saturated carbocycles. The number of ether oxygens (including phenoxy) is 3. The lowest BCUT2D eigenvalue weighted by molar-refractivity contribution is -0.155. The normalized spacial score (nSPS) is 35.4. The van der Waals surface area contributed by atoms with Crippen molar-refractivity contribution in [1.82, 2.24) is 14.7 Å². The smallest absolute Gasteiger partial charge is 0.313 e. The van der Waals surface area contributed by atoms with Gasteiger partial charge in [0.2, 0.25) is 11.8 Å². The molecule has 10 heteroatoms. The molecule has 36 heavy (non-hydrogen) atoms. The van der Waals surface area contributed by atoms with Crippen molar-refractivity contribution in [2.45, 2.75) is 44.1 Å². The van der Waals surface area contributed by atoms with E-state index in [4.69, 9.17) is 14.2 Å². The van der Waals surface area contributed by atoms with Gasteiger partial charge in [-0.1, -0.05) is 32.1 Å². The molecule has 3 saturated heterocycles. The van der Waals surface area contributed by atoms with Crippen LogP contribution >= 0.6 is 0 Å². The third-order valence-electron chi connectivity index (χ3n) is 8.07. The average molecular weight is 504 g/mol. The Hall–Kier alpha value is -2.27. The molecule has 0 aromatic rings. The molecule has 5 aliphatic heterocycles. The van der Waals surface area contributed by atoms with E-state index in [9.17, 15) is 19.5 Å². The van der Waals surface area contributed by atoms with Gasteiger partial charge in [0.15, 0.2) is 0 Å². The molecule has 0 aromatic heterocycles. The van der Waals surface area contributed by atoms with Gasteiger partial charge < -0.3 is 29.1 Å². The standard InChI is InChI=1S/C26H37N3O7/c1-17(2)15-18(16-30)29-22-24(32)28(9-8-27-10-13-34-14-11-27)7-4-6-26(22)21(23(29)31)20-19(36-26)5-3-12-35-25(20)33/h3-6,17-22,30H,7-16H2,1-2H3/t18-,19-,20+,21+,22?,26+/m1/s1. The van der Waals surface area contributed by atoms with Crippen LogP contribution in [-0.4, -0.2) is 121 Å². The SMILES string of the molecule is CC(C)C[C@H](CO)N1C(=O)[C@@H]2[C@H]3C(=O)OCC=C[C@H]3O[C@@]23C=CCN(CCN2CCOCC2)C(=O)C13. The monoisotopic (exact) mass is 503 g/mol. The van der Waals surface area contributed by atoms with Crippen LogP contribution in [0.25, 0.3) is 0 Å². The van der Waals surface area contributed by atoms with Gasteiger partial charge >= 0.3 is 5.97 Å². The number of carbonyl (C=O) groups excluding carboxylic acids is 3. The first kappa shape index (κ1) is 25.4. The number of aliphatic hydroxyl groups is 1. The van der Waals surface area contributed by atoms with Crippen molar-refractivity contribution in [3.63, 3.8) is 0 Å². The first-order chi connectivity index (χ1) is 17.4. The Morgan fingerprint density at radius 3 is 2.61 bits per heavy atom. The number of fused-ring (bicyclic) bond motifs is 2. The summed E-state index contributed by atoms with van der Waals surface area (Å²) in [6.45, 7) is 8.49. The molecule has 10 nitrogen and oxygen atoms in total. The minimum absolute atomic E-state index is 0.132. The summed E-state index contributed by atoms with van der Waals surface area (Å²) in [5, 5.41) is 10.3. The summed E-state index contributed by atoms with van der Waals surface area (Å²) in [6.07, 6.45) is 7.10. The zero-order chi connectivity index (χ0) is 25.4. The number of rotatable bonds is 7. The highest BCUT2D eigenvalue weighted by Crippen LogP contribution is 2.54. The van der Waals surface area contributed by atoms with Crippen LogP contribution in [0.5, 0.6) is 0 Å². The fraction of sp³-hybridized carbons (Fsp3) is 0.731. The summed E-state index contributed by atoms with van der Waals surface area (Å²) in [7, 11) is 0. The van der Waals surface area contributed by atoms with Gasteiger partial charge in [-0.3, -0.25) is 19.3 Å². The number of hydrogen-bond acceptors (Lipinski definition) is 8. The predicted molar refractivity (Wildman–Crippen MR) is 129 cm³/mol. The number of amides is 2. The molecular weight excluding hydrogens is 466 g/mol. The highest BCUT2D eigenvalue weighted by molar-refractivity contribution is 5.99. The molecule has 198 valence electrons. The van der Waals surface area contributed by atoms with E-state index < -0.39 is 41.6 Å². The van der Waals surface area contributed by atoms with E-state index in [2.05, 4.69) is 4.90 Å². The van der Waals surface area contributed by atoms with Crippen molar-refractivity contribution in [1.29, 1.82) is 0 Å². The molecule has 1 unspecified atom stereocenters. The van der Waals surface area contributed by atoms with Crippen LogP contribution in [0.15, 0.2) is 24.3 Å². The third-order valence-corrected chi connectivity index (χ3v) is 8.07. The molecule has 0 aliphatic carbocycles. The van der Waals surface area contributed by atoms with E-state index >= 15 is 0 Å². The van der Waals surface area contributed by atoms with Crippen LogP contribution in [0.1, 0.15) is 20.3 Å². The van der Waals surface area contributed by atoms with Crippen LogP contribution in [0.3, 0.4) is 0 Å². The van der Waals surface area contributed by atoms with Crippen molar-refractivity contribution in [3.05, 3.63) is 24.3 Å². The van der Waals surface area contributed by atoms with E-state index in [-0.39, 0.29) is 30.9 Å². The summed E-state index contributed by atoms with van der Waals surface area (Å²) < 4.78 is 17.3. The molecule has 6 atom stereocenters. The van der Waals surface area contributed by atoms with Gasteiger partial charge in [-0.05, 0) is 18.4 Å². The number of esters is 1. The lowest BCUT2D eigenvalue weighted by Crippen LogP contribution is -2.59. The number of cyclic esters (lactones) is 1. The van der Waals surface area contributed by atoms with Gasteiger partial charge in [0, 0.05) is 32.7 Å². The molecule has 2 amide bonds. The van der Waals surface area contributed by atoms with Crippen LogP contribution in [0, 0.1) is 17.8 Å². The van der Waals surface area contributed by atoms with Crippen molar-refractivity contribution in [2.75, 3.05) is 59.2 Å². The molecule has 0 bridgehead atoms. The van der Waals surface area contributed by atoms with E-state index in [0.717, 1.165) is 13.1 Å². The maximum Gasteiger partial charge on any atom is 0.313 e. The zero-order valence-corrected chi connectivity index (χ0v) is 21.1. The zero-order valence-electron chi connectivity index (χ0n) is 21.1. The van der Waals surface area contributed by atoms with Crippen molar-refractivity contribution in [3.8, 4) is 0 Å². The summed E-state index contributed by atoms with van der Waals surface area (Å²) in [5.41, 5.74) is -1.29. The molecule has 1 N–H and O–H groups in total. The first-order valence-corrected chi connectivity index (χ1v) is 13.1. The minimum Gasteiger partial charge on any atom is -0.461 e. The first-order valence-electron chi connectivity index (χ1n) is 13.1. The van der Waals surface area contributed by atoms with Crippen LogP contribution in [0.2, 0.25) is 0 Å². The Morgan fingerprint density at radius 2 is 1.89 bits per heavy atom. The molecule has 1 spiro atoms. The Kier molecular flexibility index (Phi) is 7.22. The van der Waals surface area contributed by atoms with Gasteiger partial charge in [0.1, 0.15) is 24.2 Å². The van der Waals surface area contributed by atoms with Crippen LogP contribution in [-0.2, 0) is 28.6 Å². The maximum absolute atomic E-state index is 14.2. The average Bonchev–Trinajstić information content (AvgIpc) is 3.17. The fourth-order valence-electron chi connectivity index (χ4n) is 6.46. The summed E-state index contributed by atoms with van der Waals surface area (Å²) in [6, 6.07) is -1.51. The molecule has 0 aromatic carbocycles. The van der Waals surface area contributed by atoms with Gasteiger partial charge in [0.25, 0.3) is 0 Å².